The van der Waals surface area contributed by atoms with Crippen LogP contribution in [0, 0.1) is 17.0 Å². The monoisotopic (exact) mass is 389 g/mol. The summed E-state index contributed by atoms with van der Waals surface area (Å²) < 4.78 is 5.78. The normalized spacial score (nSPS) is 10.7. The number of benzene rings is 2. The van der Waals surface area contributed by atoms with Crippen molar-refractivity contribution in [1.29, 1.82) is 0 Å². The third-order valence-corrected chi connectivity index (χ3v) is 4.27. The number of carbonyl (C=O) groups excluding carboxylic acids is 1. The lowest BCUT2D eigenvalue weighted by Crippen LogP contribution is -2.13. The molecule has 0 fully saturated rings. The standard InChI is InChI=1S/C20H15N5O4/c1-12-9-13(4-7-18(12)29-15-3-2-8-21-11-15)22-20(26)19-16-10-14(25(27)28)5-6-17(16)23-24-19/h2-11H,1H3,(H,22,26)(H,23,24). The Morgan fingerprint density at radius 3 is 2.79 bits per heavy atom. The van der Waals surface area contributed by atoms with Gasteiger partial charge in [-0.3, -0.25) is 25.0 Å². The van der Waals surface area contributed by atoms with Crippen molar-refractivity contribution >= 4 is 28.2 Å². The van der Waals surface area contributed by atoms with E-state index in [2.05, 4.69) is 20.5 Å². The molecule has 0 radical (unpaired) electrons. The van der Waals surface area contributed by atoms with Crippen LogP contribution >= 0.6 is 0 Å². The first-order chi connectivity index (χ1) is 14.0. The summed E-state index contributed by atoms with van der Waals surface area (Å²) >= 11 is 0. The van der Waals surface area contributed by atoms with Gasteiger partial charge in [-0.25, -0.2) is 0 Å². The minimum atomic E-state index is -0.515. The number of nitrogens with zero attached hydrogens (tertiary/aromatic N) is 3. The summed E-state index contributed by atoms with van der Waals surface area (Å²) in [6.07, 6.45) is 3.27. The molecule has 0 spiro atoms. The van der Waals surface area contributed by atoms with E-state index in [1.807, 2.05) is 6.92 Å². The molecule has 0 saturated carbocycles. The van der Waals surface area contributed by atoms with Gasteiger partial charge in [0.1, 0.15) is 11.5 Å². The van der Waals surface area contributed by atoms with E-state index in [1.54, 1.807) is 42.7 Å². The number of hydrogen-bond donors (Lipinski definition) is 2. The third kappa shape index (κ3) is 3.74. The fraction of sp³-hybridized carbons (Fsp3) is 0.0500. The van der Waals surface area contributed by atoms with Crippen LogP contribution < -0.4 is 10.1 Å². The summed E-state index contributed by atoms with van der Waals surface area (Å²) in [5.74, 6) is 0.769. The first-order valence-electron chi connectivity index (χ1n) is 8.63. The van der Waals surface area contributed by atoms with Crippen molar-refractivity contribution in [2.45, 2.75) is 6.92 Å². The van der Waals surface area contributed by atoms with Gasteiger partial charge in [-0.1, -0.05) is 0 Å². The number of rotatable bonds is 5. The van der Waals surface area contributed by atoms with Crippen molar-refractivity contribution in [2.24, 2.45) is 0 Å². The molecule has 0 aliphatic rings. The molecule has 0 bridgehead atoms. The molecular formula is C20H15N5O4. The predicted molar refractivity (Wildman–Crippen MR) is 106 cm³/mol. The highest BCUT2D eigenvalue weighted by molar-refractivity contribution is 6.11. The van der Waals surface area contributed by atoms with Crippen LogP contribution in [-0.2, 0) is 0 Å². The fourth-order valence-corrected chi connectivity index (χ4v) is 2.86. The highest BCUT2D eigenvalue weighted by Gasteiger charge is 2.18. The Hall–Kier alpha value is -4.27. The van der Waals surface area contributed by atoms with E-state index in [4.69, 9.17) is 4.74 Å². The maximum Gasteiger partial charge on any atom is 0.276 e. The van der Waals surface area contributed by atoms with Crippen molar-refractivity contribution in [3.63, 3.8) is 0 Å². The lowest BCUT2D eigenvalue weighted by molar-refractivity contribution is -0.384. The smallest absolute Gasteiger partial charge is 0.276 e. The van der Waals surface area contributed by atoms with Crippen molar-refractivity contribution in [2.75, 3.05) is 5.32 Å². The van der Waals surface area contributed by atoms with E-state index in [-0.39, 0.29) is 11.4 Å². The van der Waals surface area contributed by atoms with Crippen molar-refractivity contribution in [1.82, 2.24) is 15.2 Å². The van der Waals surface area contributed by atoms with Gasteiger partial charge in [0, 0.05) is 29.4 Å². The number of nitrogens with one attached hydrogen (secondary N) is 2. The summed E-state index contributed by atoms with van der Waals surface area (Å²) in [4.78, 5) is 27.1. The van der Waals surface area contributed by atoms with Gasteiger partial charge >= 0.3 is 0 Å². The number of fused-ring (bicyclic) bond motifs is 1. The number of amides is 1. The maximum absolute atomic E-state index is 12.7. The second-order valence-corrected chi connectivity index (χ2v) is 6.28. The Morgan fingerprint density at radius 1 is 1.21 bits per heavy atom. The number of anilines is 1. The van der Waals surface area contributed by atoms with Crippen molar-refractivity contribution in [3.05, 3.63) is 82.3 Å². The number of nitro groups is 1. The van der Waals surface area contributed by atoms with Crippen LogP contribution in [0.5, 0.6) is 11.5 Å². The number of hydrogen-bond acceptors (Lipinski definition) is 6. The first kappa shape index (κ1) is 18.1. The molecule has 0 aliphatic carbocycles. The minimum Gasteiger partial charge on any atom is -0.455 e. The highest BCUT2D eigenvalue weighted by atomic mass is 16.6. The van der Waals surface area contributed by atoms with E-state index in [9.17, 15) is 14.9 Å². The summed E-state index contributed by atoms with van der Waals surface area (Å²) in [7, 11) is 0. The molecule has 4 aromatic rings. The molecule has 0 saturated heterocycles. The van der Waals surface area contributed by atoms with Gasteiger partial charge in [-0.05, 0) is 48.9 Å². The largest absolute Gasteiger partial charge is 0.455 e. The van der Waals surface area contributed by atoms with Crippen molar-refractivity contribution < 1.29 is 14.5 Å². The van der Waals surface area contributed by atoms with Crippen LogP contribution in [-0.4, -0.2) is 26.0 Å². The van der Waals surface area contributed by atoms with Crippen LogP contribution in [0.25, 0.3) is 10.9 Å². The number of aromatic nitrogens is 3. The van der Waals surface area contributed by atoms with Gasteiger partial charge < -0.3 is 10.1 Å². The molecule has 2 N–H and O–H groups in total. The van der Waals surface area contributed by atoms with Gasteiger partial charge in [-0.15, -0.1) is 0 Å². The molecule has 1 amide bonds. The average Bonchev–Trinajstić information content (AvgIpc) is 3.14. The average molecular weight is 389 g/mol. The Balaban J connectivity index is 1.55. The highest BCUT2D eigenvalue weighted by Crippen LogP contribution is 2.28. The molecule has 0 aliphatic heterocycles. The molecule has 4 rings (SSSR count). The lowest BCUT2D eigenvalue weighted by Gasteiger charge is -2.10. The summed E-state index contributed by atoms with van der Waals surface area (Å²) in [5.41, 5.74) is 1.87. The van der Waals surface area contributed by atoms with Crippen molar-refractivity contribution in [3.8, 4) is 11.5 Å². The Kier molecular flexibility index (Phi) is 4.62. The summed E-state index contributed by atoms with van der Waals surface area (Å²) in [6.45, 7) is 1.86. The van der Waals surface area contributed by atoms with E-state index >= 15 is 0 Å². The minimum absolute atomic E-state index is 0.0806. The quantitative estimate of drug-likeness (QED) is 0.389. The molecule has 2 aromatic heterocycles. The van der Waals surface area contributed by atoms with Gasteiger partial charge in [0.2, 0.25) is 0 Å². The zero-order chi connectivity index (χ0) is 20.4. The van der Waals surface area contributed by atoms with E-state index in [1.165, 1.54) is 18.2 Å². The fourth-order valence-electron chi connectivity index (χ4n) is 2.86. The van der Waals surface area contributed by atoms with E-state index in [0.717, 1.165) is 5.56 Å². The van der Waals surface area contributed by atoms with Crippen LogP contribution in [0.1, 0.15) is 16.1 Å². The summed E-state index contributed by atoms with van der Waals surface area (Å²) in [5, 5.41) is 20.8. The molecule has 29 heavy (non-hydrogen) atoms. The molecule has 2 aromatic carbocycles. The maximum atomic E-state index is 12.7. The number of pyridine rings is 1. The third-order valence-electron chi connectivity index (χ3n) is 4.27. The van der Waals surface area contributed by atoms with Crippen LogP contribution in [0.3, 0.4) is 0 Å². The molecule has 0 atom stereocenters. The topological polar surface area (TPSA) is 123 Å². The molecule has 9 nitrogen and oxygen atoms in total. The number of carbonyl (C=O) groups is 1. The number of aromatic amines is 1. The summed E-state index contributed by atoms with van der Waals surface area (Å²) in [6, 6.07) is 13.0. The van der Waals surface area contributed by atoms with Gasteiger partial charge in [0.25, 0.3) is 11.6 Å². The Bertz CT molecular complexity index is 1220. The Labute approximate surface area is 164 Å². The number of ether oxygens (including phenoxy) is 1. The number of nitro benzene ring substituents is 1. The molecule has 144 valence electrons. The van der Waals surface area contributed by atoms with Gasteiger partial charge in [0.05, 0.1) is 16.6 Å². The number of non-ortho nitro benzene ring substituents is 1. The van der Waals surface area contributed by atoms with Gasteiger partial charge in [-0.2, -0.15) is 5.10 Å². The van der Waals surface area contributed by atoms with Crippen LogP contribution in [0.2, 0.25) is 0 Å². The Morgan fingerprint density at radius 2 is 2.07 bits per heavy atom. The number of aryl methyl sites for hydroxylation is 1. The number of H-pyrrole nitrogens is 1. The molecular weight excluding hydrogens is 374 g/mol. The molecule has 2 heterocycles. The first-order valence-corrected chi connectivity index (χ1v) is 8.63. The SMILES string of the molecule is Cc1cc(NC(=O)c2n[nH]c3ccc([N+](=O)[O-])cc23)ccc1Oc1cccnc1. The van der Waals surface area contributed by atoms with Crippen LogP contribution in [0.15, 0.2) is 60.9 Å². The van der Waals surface area contributed by atoms with E-state index < -0.39 is 10.8 Å². The molecule has 9 heteroatoms. The second kappa shape index (κ2) is 7.39. The molecule has 0 unspecified atom stereocenters. The second-order valence-electron chi connectivity index (χ2n) is 6.28. The van der Waals surface area contributed by atoms with E-state index in [0.29, 0.717) is 28.1 Å². The lowest BCUT2D eigenvalue weighted by atomic mass is 10.1. The van der Waals surface area contributed by atoms with Gasteiger partial charge in [0.15, 0.2) is 5.69 Å². The zero-order valence-corrected chi connectivity index (χ0v) is 15.2. The van der Waals surface area contributed by atoms with Crippen LogP contribution in [0.4, 0.5) is 11.4 Å². The zero-order valence-electron chi connectivity index (χ0n) is 15.2. The predicted octanol–water partition coefficient (Wildman–Crippen LogP) is 4.22.